The van der Waals surface area contributed by atoms with Crippen molar-refractivity contribution in [2.45, 2.75) is 45.1 Å². The Morgan fingerprint density at radius 1 is 1.22 bits per heavy atom. The zero-order valence-electron chi connectivity index (χ0n) is 16.5. The third-order valence-corrected chi connectivity index (χ3v) is 6.33. The number of piperidine rings is 1. The van der Waals surface area contributed by atoms with Crippen LogP contribution in [0.3, 0.4) is 0 Å². The Bertz CT molecular complexity index is 792. The number of likely N-dealkylation sites (tertiary alicyclic amines) is 1. The molecule has 2 fully saturated rings. The van der Waals surface area contributed by atoms with E-state index in [1.807, 2.05) is 4.90 Å². The number of para-hydroxylation sites is 1. The minimum absolute atomic E-state index is 0.179. The van der Waals surface area contributed by atoms with E-state index >= 15 is 0 Å². The molecule has 27 heavy (non-hydrogen) atoms. The molecule has 2 aliphatic rings. The fourth-order valence-corrected chi connectivity index (χ4v) is 4.62. The molecule has 0 bridgehead atoms. The standard InChI is InChI=1S/C22H31N3O2/c1-3-16-6-5-7-18-19(14-23-21(16)18)17-8-10-25(11-9-17)22(26)20-15-24(4-2)12-13-27-20/h5-7,14,17,20,23H,3-4,8-13,15H2,1-2H3. The number of benzene rings is 1. The lowest BCUT2D eigenvalue weighted by atomic mass is 9.88. The van der Waals surface area contributed by atoms with Crippen LogP contribution < -0.4 is 0 Å². The lowest BCUT2D eigenvalue weighted by Gasteiger charge is -2.37. The molecule has 0 aliphatic carbocycles. The van der Waals surface area contributed by atoms with Gasteiger partial charge in [-0.2, -0.15) is 0 Å². The quantitative estimate of drug-likeness (QED) is 0.901. The van der Waals surface area contributed by atoms with E-state index in [-0.39, 0.29) is 12.0 Å². The first-order chi connectivity index (χ1) is 13.2. The maximum atomic E-state index is 12.9. The number of hydrogen-bond donors (Lipinski definition) is 1. The van der Waals surface area contributed by atoms with E-state index in [2.05, 4.69) is 48.1 Å². The van der Waals surface area contributed by atoms with Gasteiger partial charge in [0.2, 0.25) is 0 Å². The van der Waals surface area contributed by atoms with Crippen molar-refractivity contribution in [3.05, 3.63) is 35.5 Å². The summed E-state index contributed by atoms with van der Waals surface area (Å²) in [4.78, 5) is 20.7. The number of rotatable bonds is 4. The number of carbonyl (C=O) groups excluding carboxylic acids is 1. The van der Waals surface area contributed by atoms with Gasteiger partial charge in [0, 0.05) is 43.3 Å². The van der Waals surface area contributed by atoms with E-state index in [4.69, 9.17) is 4.74 Å². The number of nitrogens with zero attached hydrogens (tertiary/aromatic N) is 2. The van der Waals surface area contributed by atoms with E-state index in [0.29, 0.717) is 12.5 Å². The second-order valence-corrected chi connectivity index (χ2v) is 7.79. The van der Waals surface area contributed by atoms with Gasteiger partial charge in [-0.05, 0) is 42.9 Å². The molecule has 4 rings (SSSR count). The van der Waals surface area contributed by atoms with Crippen LogP contribution in [0.25, 0.3) is 10.9 Å². The monoisotopic (exact) mass is 369 g/mol. The van der Waals surface area contributed by atoms with Gasteiger partial charge >= 0.3 is 0 Å². The summed E-state index contributed by atoms with van der Waals surface area (Å²) < 4.78 is 5.77. The van der Waals surface area contributed by atoms with Crippen LogP contribution in [0, 0.1) is 0 Å². The van der Waals surface area contributed by atoms with E-state index < -0.39 is 0 Å². The summed E-state index contributed by atoms with van der Waals surface area (Å²) in [5, 5.41) is 1.35. The molecule has 5 heteroatoms. The van der Waals surface area contributed by atoms with Crippen LogP contribution in [0.15, 0.2) is 24.4 Å². The SMILES string of the molecule is CCc1cccc2c(C3CCN(C(=O)C4CN(CC)CCO4)CC3)c[nH]c12. The van der Waals surface area contributed by atoms with Gasteiger partial charge in [0.1, 0.15) is 6.10 Å². The number of amides is 1. The molecule has 1 atom stereocenters. The molecule has 3 heterocycles. The lowest BCUT2D eigenvalue weighted by molar-refractivity contribution is -0.150. The van der Waals surface area contributed by atoms with Gasteiger partial charge in [0.05, 0.1) is 6.61 Å². The highest BCUT2D eigenvalue weighted by Crippen LogP contribution is 2.34. The van der Waals surface area contributed by atoms with Crippen LogP contribution in [-0.4, -0.2) is 66.1 Å². The zero-order chi connectivity index (χ0) is 18.8. The number of aromatic amines is 1. The first-order valence-electron chi connectivity index (χ1n) is 10.4. The average Bonchev–Trinajstić information content (AvgIpc) is 3.17. The second kappa shape index (κ2) is 8.03. The van der Waals surface area contributed by atoms with Crippen LogP contribution in [0.2, 0.25) is 0 Å². The number of nitrogens with one attached hydrogen (secondary N) is 1. The number of hydrogen-bond acceptors (Lipinski definition) is 3. The van der Waals surface area contributed by atoms with E-state index in [0.717, 1.165) is 52.0 Å². The Morgan fingerprint density at radius 2 is 2.04 bits per heavy atom. The van der Waals surface area contributed by atoms with Gasteiger partial charge in [-0.1, -0.05) is 32.0 Å². The molecule has 146 valence electrons. The molecule has 1 aromatic heterocycles. The molecule has 5 nitrogen and oxygen atoms in total. The molecule has 2 aromatic rings. The fourth-order valence-electron chi connectivity index (χ4n) is 4.62. The summed E-state index contributed by atoms with van der Waals surface area (Å²) in [6.45, 7) is 9.31. The maximum absolute atomic E-state index is 12.9. The zero-order valence-corrected chi connectivity index (χ0v) is 16.5. The number of ether oxygens (including phenoxy) is 1. The maximum Gasteiger partial charge on any atom is 0.253 e. The second-order valence-electron chi connectivity index (χ2n) is 7.79. The molecule has 2 saturated heterocycles. The summed E-state index contributed by atoms with van der Waals surface area (Å²) in [5.41, 5.74) is 4.07. The molecule has 1 aromatic carbocycles. The third-order valence-electron chi connectivity index (χ3n) is 6.33. The van der Waals surface area contributed by atoms with Crippen LogP contribution >= 0.6 is 0 Å². The minimum atomic E-state index is -0.282. The number of aryl methyl sites for hydroxylation is 1. The summed E-state index contributed by atoms with van der Waals surface area (Å²) in [5.74, 6) is 0.702. The van der Waals surface area contributed by atoms with Gasteiger partial charge in [0.25, 0.3) is 5.91 Å². The summed E-state index contributed by atoms with van der Waals surface area (Å²) >= 11 is 0. The van der Waals surface area contributed by atoms with E-state index in [1.165, 1.54) is 22.0 Å². The van der Waals surface area contributed by atoms with Crippen molar-refractivity contribution < 1.29 is 9.53 Å². The van der Waals surface area contributed by atoms with Crippen molar-refractivity contribution in [3.8, 4) is 0 Å². The number of likely N-dealkylation sites (N-methyl/N-ethyl adjacent to an activating group) is 1. The smallest absolute Gasteiger partial charge is 0.253 e. The van der Waals surface area contributed by atoms with Crippen LogP contribution in [0.5, 0.6) is 0 Å². The molecule has 2 aliphatic heterocycles. The number of fused-ring (bicyclic) bond motifs is 1. The Labute approximate surface area is 161 Å². The molecule has 1 N–H and O–H groups in total. The molecule has 1 unspecified atom stereocenters. The summed E-state index contributed by atoms with van der Waals surface area (Å²) in [6, 6.07) is 6.60. The Kier molecular flexibility index (Phi) is 5.50. The molecule has 0 spiro atoms. The molecule has 0 radical (unpaired) electrons. The highest BCUT2D eigenvalue weighted by molar-refractivity contribution is 5.86. The predicted molar refractivity (Wildman–Crippen MR) is 108 cm³/mol. The van der Waals surface area contributed by atoms with Crippen LogP contribution in [-0.2, 0) is 16.0 Å². The lowest BCUT2D eigenvalue weighted by Crippen LogP contribution is -2.52. The summed E-state index contributed by atoms with van der Waals surface area (Å²) in [7, 11) is 0. The summed E-state index contributed by atoms with van der Waals surface area (Å²) in [6.07, 6.45) is 5.00. The first-order valence-corrected chi connectivity index (χ1v) is 10.4. The number of morpholine rings is 1. The van der Waals surface area contributed by atoms with Crippen molar-refractivity contribution in [1.29, 1.82) is 0 Å². The highest BCUT2D eigenvalue weighted by Gasteiger charge is 2.32. The Hall–Kier alpha value is -1.85. The van der Waals surface area contributed by atoms with Gasteiger partial charge in [-0.15, -0.1) is 0 Å². The first kappa shape index (κ1) is 18.5. The van der Waals surface area contributed by atoms with Gasteiger partial charge < -0.3 is 14.6 Å². The third kappa shape index (κ3) is 3.63. The normalized spacial score (nSPS) is 22.4. The van der Waals surface area contributed by atoms with Crippen molar-refractivity contribution in [3.63, 3.8) is 0 Å². The largest absolute Gasteiger partial charge is 0.366 e. The van der Waals surface area contributed by atoms with Crippen molar-refractivity contribution in [2.24, 2.45) is 0 Å². The van der Waals surface area contributed by atoms with Gasteiger partial charge in [-0.25, -0.2) is 0 Å². The van der Waals surface area contributed by atoms with Gasteiger partial charge in [0.15, 0.2) is 0 Å². The Morgan fingerprint density at radius 3 is 2.78 bits per heavy atom. The van der Waals surface area contributed by atoms with E-state index in [9.17, 15) is 4.79 Å². The van der Waals surface area contributed by atoms with E-state index in [1.54, 1.807) is 0 Å². The number of aromatic nitrogens is 1. The fraction of sp³-hybridized carbons (Fsp3) is 0.591. The van der Waals surface area contributed by atoms with Crippen LogP contribution in [0.1, 0.15) is 43.7 Å². The Balaban J connectivity index is 1.41. The van der Waals surface area contributed by atoms with Crippen molar-refractivity contribution in [2.75, 3.05) is 39.3 Å². The van der Waals surface area contributed by atoms with Crippen molar-refractivity contribution in [1.82, 2.24) is 14.8 Å². The topological polar surface area (TPSA) is 48.6 Å². The average molecular weight is 370 g/mol. The van der Waals surface area contributed by atoms with Crippen LogP contribution in [0.4, 0.5) is 0 Å². The number of carbonyl (C=O) groups is 1. The molecular weight excluding hydrogens is 338 g/mol. The predicted octanol–water partition coefficient (Wildman–Crippen LogP) is 3.16. The van der Waals surface area contributed by atoms with Gasteiger partial charge in [-0.3, -0.25) is 9.69 Å². The number of H-pyrrole nitrogens is 1. The molecular formula is C22H31N3O2. The minimum Gasteiger partial charge on any atom is -0.366 e. The molecule has 1 amide bonds. The van der Waals surface area contributed by atoms with Crippen molar-refractivity contribution >= 4 is 16.8 Å². The molecule has 0 saturated carbocycles. The highest BCUT2D eigenvalue weighted by atomic mass is 16.5.